The topological polar surface area (TPSA) is 201 Å². The van der Waals surface area contributed by atoms with Gasteiger partial charge in [0.05, 0.1) is 19.0 Å². The van der Waals surface area contributed by atoms with Crippen molar-refractivity contribution in [3.63, 3.8) is 0 Å². The van der Waals surface area contributed by atoms with E-state index in [1.54, 1.807) is 0 Å². The van der Waals surface area contributed by atoms with Crippen molar-refractivity contribution in [3.8, 4) is 0 Å². The Morgan fingerprint density at radius 1 is 1.24 bits per heavy atom. The minimum absolute atomic E-state index is 0.338. The molecule has 3 heterocycles. The predicted molar refractivity (Wildman–Crippen MR) is 125 cm³/mol. The zero-order chi connectivity index (χ0) is 24.8. The van der Waals surface area contributed by atoms with E-state index in [-0.39, 0.29) is 5.91 Å². The number of carbonyl (C=O) groups excluding carboxylic acids is 1. The van der Waals surface area contributed by atoms with Crippen LogP contribution in [-0.2, 0) is 9.53 Å². The summed E-state index contributed by atoms with van der Waals surface area (Å²) in [6.07, 6.45) is -0.339. The van der Waals surface area contributed by atoms with Crippen LogP contribution in [0.25, 0.3) is 11.2 Å². The number of aromatic nitrogens is 4. The number of amides is 1. The highest BCUT2D eigenvalue weighted by molar-refractivity contribution is 7.80. The zero-order valence-electron chi connectivity index (χ0n) is 18.9. The fourth-order valence-electron chi connectivity index (χ4n) is 3.63. The Hall–Kier alpha value is -2.07. The van der Waals surface area contributed by atoms with Gasteiger partial charge in [-0.2, -0.15) is 4.98 Å². The molecule has 2 aromatic rings. The molecule has 1 fully saturated rings. The number of nitrogens with zero attached hydrogens (tertiary/aromatic N) is 4. The molecule has 0 aliphatic carbocycles. The van der Waals surface area contributed by atoms with Crippen LogP contribution in [0.3, 0.4) is 0 Å². The van der Waals surface area contributed by atoms with Crippen LogP contribution in [0.2, 0.25) is 0 Å². The Bertz CT molecular complexity index is 961. The number of ether oxygens (including phenoxy) is 1. The van der Waals surface area contributed by atoms with Crippen LogP contribution in [0, 0.1) is 0 Å². The lowest BCUT2D eigenvalue weighted by molar-refractivity contribution is -0.124. The number of aliphatic hydroxyl groups excluding tert-OH is 4. The third-order valence-electron chi connectivity index (χ3n) is 5.70. The molecule has 0 saturated carbocycles. The van der Waals surface area contributed by atoms with Crippen molar-refractivity contribution in [3.05, 3.63) is 6.33 Å². The molecule has 0 radical (unpaired) electrons. The van der Waals surface area contributed by atoms with Crippen molar-refractivity contribution in [2.24, 2.45) is 5.73 Å². The molecule has 0 aromatic carbocycles. The quantitative estimate of drug-likeness (QED) is 0.0962. The Labute approximate surface area is 202 Å². The number of anilines is 1. The van der Waals surface area contributed by atoms with Crippen LogP contribution in [0.1, 0.15) is 38.8 Å². The van der Waals surface area contributed by atoms with Gasteiger partial charge in [-0.1, -0.05) is 12.8 Å². The molecule has 8 N–H and O–H groups in total. The normalized spacial score (nSPS) is 24.3. The van der Waals surface area contributed by atoms with Gasteiger partial charge in [-0.25, -0.2) is 9.97 Å². The minimum atomic E-state index is -1.25. The van der Waals surface area contributed by atoms with Crippen molar-refractivity contribution >= 4 is 35.6 Å². The molecule has 13 nitrogen and oxygen atoms in total. The number of nitrogens with one attached hydrogen (secondary N) is 2. The predicted octanol–water partition coefficient (Wildman–Crippen LogP) is -1.48. The molecule has 0 spiro atoms. The van der Waals surface area contributed by atoms with Crippen LogP contribution in [0.5, 0.6) is 0 Å². The lowest BCUT2D eigenvalue weighted by Crippen LogP contribution is -2.47. The number of fused-ring (bicyclic) bond motifs is 1. The number of rotatable bonds is 12. The monoisotopic (exact) mass is 499 g/mol. The summed E-state index contributed by atoms with van der Waals surface area (Å²) >= 11 is 4.38. The molecule has 1 amide bonds. The van der Waals surface area contributed by atoms with Gasteiger partial charge in [0.25, 0.3) is 0 Å². The molecule has 14 heteroatoms. The second-order valence-electron chi connectivity index (χ2n) is 8.32. The summed E-state index contributed by atoms with van der Waals surface area (Å²) in [7, 11) is 0. The number of aliphatic hydroxyl groups is 4. The largest absolute Gasteiger partial charge is 0.394 e. The summed E-state index contributed by atoms with van der Waals surface area (Å²) in [6, 6.07) is -0.917. The number of thiol groups is 1. The summed E-state index contributed by atoms with van der Waals surface area (Å²) in [4.78, 5) is 24.7. The van der Waals surface area contributed by atoms with E-state index in [1.165, 1.54) is 17.8 Å². The average Bonchev–Trinajstić information content (AvgIpc) is 3.35. The molecular weight excluding hydrogens is 466 g/mol. The van der Waals surface area contributed by atoms with Gasteiger partial charge in [0, 0.05) is 13.1 Å². The number of hydrogen-bond donors (Lipinski definition) is 8. The lowest BCUT2D eigenvalue weighted by atomic mass is 10.1. The van der Waals surface area contributed by atoms with E-state index < -0.39 is 43.3 Å². The maximum Gasteiger partial charge on any atom is 0.239 e. The standard InChI is InChI=1S/C20H33N7O6S/c1-10(29)12(21)17(32)22-6-4-2-3-5-7-23-20-25-16-13(18(34)26-20)24-9-27(16)19-15(31)14(30)11(8-28)33-19/h9-12,14-15,19,28-31H,2-8,21H2,1H3,(H,22,32)(H2,23,25,26,34)/t10?,11-,12?,14+,15?,19-/m1/s1. The van der Waals surface area contributed by atoms with Crippen molar-refractivity contribution < 1.29 is 30.0 Å². The lowest BCUT2D eigenvalue weighted by Gasteiger charge is -2.16. The van der Waals surface area contributed by atoms with Gasteiger partial charge in [-0.05, 0) is 19.8 Å². The minimum Gasteiger partial charge on any atom is -0.394 e. The van der Waals surface area contributed by atoms with Crippen LogP contribution in [-0.4, -0.2) is 96.0 Å². The first-order valence-corrected chi connectivity index (χ1v) is 11.7. The summed E-state index contributed by atoms with van der Waals surface area (Å²) in [6.45, 7) is 2.16. The molecular formula is C20H33N7O6S. The number of nitrogens with two attached hydrogens (primary N) is 1. The van der Waals surface area contributed by atoms with E-state index in [4.69, 9.17) is 10.5 Å². The van der Waals surface area contributed by atoms with Crippen LogP contribution >= 0.6 is 12.6 Å². The summed E-state index contributed by atoms with van der Waals surface area (Å²) in [5.41, 5.74) is 6.37. The fourth-order valence-corrected chi connectivity index (χ4v) is 3.88. The molecule has 3 unspecified atom stereocenters. The van der Waals surface area contributed by atoms with Gasteiger partial charge >= 0.3 is 0 Å². The highest BCUT2D eigenvalue weighted by Gasteiger charge is 2.44. The van der Waals surface area contributed by atoms with E-state index >= 15 is 0 Å². The molecule has 2 aromatic heterocycles. The first kappa shape index (κ1) is 26.5. The highest BCUT2D eigenvalue weighted by atomic mass is 32.1. The van der Waals surface area contributed by atoms with Crippen LogP contribution in [0.15, 0.2) is 11.4 Å². The number of unbranched alkanes of at least 4 members (excludes halogenated alkanes) is 3. The molecule has 34 heavy (non-hydrogen) atoms. The summed E-state index contributed by atoms with van der Waals surface area (Å²) < 4.78 is 7.06. The van der Waals surface area contributed by atoms with Crippen molar-refractivity contribution in [2.75, 3.05) is 25.0 Å². The highest BCUT2D eigenvalue weighted by Crippen LogP contribution is 2.32. The number of imidazole rings is 1. The van der Waals surface area contributed by atoms with Gasteiger partial charge in [-0.3, -0.25) is 9.36 Å². The Balaban J connectivity index is 1.48. The number of carbonyl (C=O) groups is 1. The van der Waals surface area contributed by atoms with E-state index in [0.29, 0.717) is 35.2 Å². The second kappa shape index (κ2) is 12.1. The zero-order valence-corrected chi connectivity index (χ0v) is 19.8. The maximum absolute atomic E-state index is 11.7. The molecule has 1 saturated heterocycles. The first-order chi connectivity index (χ1) is 16.2. The second-order valence-corrected chi connectivity index (χ2v) is 8.75. The molecule has 190 valence electrons. The van der Waals surface area contributed by atoms with E-state index in [9.17, 15) is 25.2 Å². The Morgan fingerprint density at radius 2 is 1.94 bits per heavy atom. The van der Waals surface area contributed by atoms with Crippen molar-refractivity contribution in [1.82, 2.24) is 24.8 Å². The molecule has 6 atom stereocenters. The third kappa shape index (κ3) is 6.13. The summed E-state index contributed by atoms with van der Waals surface area (Å²) in [5, 5.41) is 45.2. The van der Waals surface area contributed by atoms with Crippen molar-refractivity contribution in [1.29, 1.82) is 0 Å². The van der Waals surface area contributed by atoms with Crippen molar-refractivity contribution in [2.45, 2.75) is 74.3 Å². The molecule has 1 aliphatic rings. The van der Waals surface area contributed by atoms with Gasteiger partial charge in [0.2, 0.25) is 11.9 Å². The SMILES string of the molecule is CC(O)C(N)C(=O)NCCCCCCNc1nc(S)c2ncn([C@@H]3O[C@H](CO)[C@H](O)C3O)c2n1. The fraction of sp³-hybridized carbons (Fsp3) is 0.700. The number of hydrogen-bond acceptors (Lipinski definition) is 12. The Kier molecular flexibility index (Phi) is 9.41. The van der Waals surface area contributed by atoms with Gasteiger partial charge < -0.3 is 41.5 Å². The summed E-state index contributed by atoms with van der Waals surface area (Å²) in [5.74, 6) is -0.0201. The first-order valence-electron chi connectivity index (χ1n) is 11.3. The van der Waals surface area contributed by atoms with E-state index in [1.807, 2.05) is 0 Å². The van der Waals surface area contributed by atoms with Crippen LogP contribution in [0.4, 0.5) is 5.95 Å². The van der Waals surface area contributed by atoms with Crippen LogP contribution < -0.4 is 16.4 Å². The average molecular weight is 500 g/mol. The smallest absolute Gasteiger partial charge is 0.239 e. The van der Waals surface area contributed by atoms with Gasteiger partial charge in [-0.15, -0.1) is 12.6 Å². The molecule has 0 bridgehead atoms. The third-order valence-corrected chi connectivity index (χ3v) is 6.01. The van der Waals surface area contributed by atoms with Gasteiger partial charge in [0.15, 0.2) is 11.9 Å². The van der Waals surface area contributed by atoms with E-state index in [2.05, 4.69) is 38.2 Å². The molecule has 1 aliphatic heterocycles. The molecule has 3 rings (SSSR count). The van der Waals surface area contributed by atoms with Gasteiger partial charge in [0.1, 0.15) is 34.9 Å². The van der Waals surface area contributed by atoms with E-state index in [0.717, 1.165) is 25.7 Å². The maximum atomic E-state index is 11.7. The Morgan fingerprint density at radius 3 is 2.59 bits per heavy atom.